The molecule has 0 radical (unpaired) electrons. The van der Waals surface area contributed by atoms with Crippen LogP contribution in [-0.2, 0) is 6.42 Å². The minimum atomic E-state index is -0.671. The van der Waals surface area contributed by atoms with Crippen LogP contribution in [0.3, 0.4) is 0 Å². The van der Waals surface area contributed by atoms with Crippen LogP contribution in [0, 0.1) is 0 Å². The summed E-state index contributed by atoms with van der Waals surface area (Å²) in [4.78, 5) is 0. The topological polar surface area (TPSA) is 38.7 Å². The van der Waals surface area contributed by atoms with Gasteiger partial charge in [-0.1, -0.05) is 37.6 Å². The maximum absolute atomic E-state index is 10.2. The molecule has 1 N–H and O–H groups in total. The fourth-order valence-electron chi connectivity index (χ4n) is 2.16. The largest absolute Gasteiger partial charge is 0.497 e. The minimum absolute atomic E-state index is 0.223. The summed E-state index contributed by atoms with van der Waals surface area (Å²) in [5, 5.41) is 10.2. The van der Waals surface area contributed by atoms with Crippen molar-refractivity contribution in [3.8, 4) is 11.5 Å². The molecule has 0 heterocycles. The Labute approximate surface area is 126 Å². The van der Waals surface area contributed by atoms with E-state index in [1.165, 1.54) is 5.56 Å². The number of aliphatic hydroxyl groups excluding tert-OH is 1. The second-order valence-electron chi connectivity index (χ2n) is 5.00. The first-order valence-electron chi connectivity index (χ1n) is 7.26. The highest BCUT2D eigenvalue weighted by atomic mass is 16.5. The van der Waals surface area contributed by atoms with Crippen molar-refractivity contribution in [1.82, 2.24) is 0 Å². The van der Waals surface area contributed by atoms with Gasteiger partial charge in [0.1, 0.15) is 24.2 Å². The first-order valence-corrected chi connectivity index (χ1v) is 7.26. The number of hydrogen-bond acceptors (Lipinski definition) is 3. The molecule has 2 aromatic rings. The van der Waals surface area contributed by atoms with Gasteiger partial charge in [-0.25, -0.2) is 0 Å². The second kappa shape index (κ2) is 7.70. The summed E-state index contributed by atoms with van der Waals surface area (Å²) in [5.41, 5.74) is 2.09. The minimum Gasteiger partial charge on any atom is -0.497 e. The van der Waals surface area contributed by atoms with E-state index in [-0.39, 0.29) is 6.61 Å². The zero-order chi connectivity index (χ0) is 15.1. The Morgan fingerprint density at radius 1 is 1.05 bits per heavy atom. The van der Waals surface area contributed by atoms with E-state index in [2.05, 4.69) is 19.1 Å². The predicted molar refractivity (Wildman–Crippen MR) is 83.9 cm³/mol. The van der Waals surface area contributed by atoms with Crippen molar-refractivity contribution in [3.05, 3.63) is 59.7 Å². The number of aliphatic hydroxyl groups is 1. The smallest absolute Gasteiger partial charge is 0.119 e. The molecular weight excluding hydrogens is 264 g/mol. The van der Waals surface area contributed by atoms with Gasteiger partial charge in [-0.3, -0.25) is 0 Å². The summed E-state index contributed by atoms with van der Waals surface area (Å²) in [6.45, 7) is 2.38. The van der Waals surface area contributed by atoms with E-state index in [1.807, 2.05) is 36.4 Å². The summed E-state index contributed by atoms with van der Waals surface area (Å²) in [6, 6.07) is 15.4. The van der Waals surface area contributed by atoms with Crippen LogP contribution in [0.1, 0.15) is 30.6 Å². The normalized spacial score (nSPS) is 12.0. The zero-order valence-corrected chi connectivity index (χ0v) is 12.6. The van der Waals surface area contributed by atoms with Gasteiger partial charge in [0.25, 0.3) is 0 Å². The van der Waals surface area contributed by atoms with Crippen LogP contribution in [0.2, 0.25) is 0 Å². The molecule has 0 fully saturated rings. The highest BCUT2D eigenvalue weighted by Gasteiger charge is 2.09. The molecule has 0 aromatic heterocycles. The molecule has 3 heteroatoms. The average molecular weight is 286 g/mol. The van der Waals surface area contributed by atoms with Crippen LogP contribution < -0.4 is 9.47 Å². The molecule has 0 aliphatic heterocycles. The lowest BCUT2D eigenvalue weighted by Crippen LogP contribution is -2.09. The number of ether oxygens (including phenoxy) is 2. The van der Waals surface area contributed by atoms with Gasteiger partial charge in [-0.15, -0.1) is 0 Å². The molecule has 3 nitrogen and oxygen atoms in total. The van der Waals surface area contributed by atoms with E-state index in [1.54, 1.807) is 7.11 Å². The van der Waals surface area contributed by atoms with Crippen LogP contribution in [0.5, 0.6) is 11.5 Å². The second-order valence-corrected chi connectivity index (χ2v) is 5.00. The van der Waals surface area contributed by atoms with Gasteiger partial charge in [-0.05, 0) is 41.8 Å². The summed E-state index contributed by atoms with van der Waals surface area (Å²) < 4.78 is 10.8. The van der Waals surface area contributed by atoms with Crippen LogP contribution >= 0.6 is 0 Å². The van der Waals surface area contributed by atoms with Crippen LogP contribution in [0.15, 0.2) is 48.5 Å². The molecule has 0 spiro atoms. The summed E-state index contributed by atoms with van der Waals surface area (Å²) in [6.07, 6.45) is 1.54. The van der Waals surface area contributed by atoms with Crippen molar-refractivity contribution in [1.29, 1.82) is 0 Å². The third-order valence-corrected chi connectivity index (χ3v) is 3.35. The molecule has 0 amide bonds. The molecule has 0 aliphatic carbocycles. The summed E-state index contributed by atoms with van der Waals surface area (Å²) in [5.74, 6) is 1.51. The lowest BCUT2D eigenvalue weighted by molar-refractivity contribution is 0.108. The van der Waals surface area contributed by atoms with Gasteiger partial charge < -0.3 is 14.6 Å². The molecule has 0 saturated carbocycles. The maximum Gasteiger partial charge on any atom is 0.119 e. The van der Waals surface area contributed by atoms with Crippen LogP contribution in [-0.4, -0.2) is 18.8 Å². The number of aryl methyl sites for hydroxylation is 1. The number of benzene rings is 2. The first kappa shape index (κ1) is 15.4. The molecule has 112 valence electrons. The Kier molecular flexibility index (Phi) is 5.64. The number of rotatable bonds is 7. The van der Waals surface area contributed by atoms with Crippen molar-refractivity contribution in [3.63, 3.8) is 0 Å². The van der Waals surface area contributed by atoms with Crippen molar-refractivity contribution in [2.24, 2.45) is 0 Å². The Morgan fingerprint density at radius 2 is 1.81 bits per heavy atom. The van der Waals surface area contributed by atoms with Crippen LogP contribution in [0.25, 0.3) is 0 Å². The average Bonchev–Trinajstić information content (AvgIpc) is 2.54. The Hall–Kier alpha value is -2.00. The SMILES string of the molecule is CCCc1ccc(OCC(O)c2cccc(OC)c2)cc1. The van der Waals surface area contributed by atoms with Gasteiger partial charge in [0.15, 0.2) is 0 Å². The van der Waals surface area contributed by atoms with Gasteiger partial charge in [0.05, 0.1) is 7.11 Å². The molecule has 2 aromatic carbocycles. The molecule has 1 atom stereocenters. The molecular formula is C18H22O3. The Bertz CT molecular complexity index is 549. The molecule has 0 bridgehead atoms. The predicted octanol–water partition coefficient (Wildman–Crippen LogP) is 3.76. The molecule has 0 saturated heterocycles. The zero-order valence-electron chi connectivity index (χ0n) is 12.6. The lowest BCUT2D eigenvalue weighted by atomic mass is 10.1. The highest BCUT2D eigenvalue weighted by molar-refractivity contribution is 5.30. The van der Waals surface area contributed by atoms with Crippen molar-refractivity contribution >= 4 is 0 Å². The molecule has 21 heavy (non-hydrogen) atoms. The lowest BCUT2D eigenvalue weighted by Gasteiger charge is -2.14. The third kappa shape index (κ3) is 4.50. The quantitative estimate of drug-likeness (QED) is 0.842. The number of methoxy groups -OCH3 is 1. The third-order valence-electron chi connectivity index (χ3n) is 3.35. The van der Waals surface area contributed by atoms with Crippen molar-refractivity contribution < 1.29 is 14.6 Å². The standard InChI is InChI=1S/C18H22O3/c1-3-5-14-8-10-16(11-9-14)21-13-18(19)15-6-4-7-17(12-15)20-2/h4,6-12,18-19H,3,5,13H2,1-2H3. The van der Waals surface area contributed by atoms with Gasteiger partial charge in [0, 0.05) is 0 Å². The molecule has 2 rings (SSSR count). The van der Waals surface area contributed by atoms with E-state index in [0.717, 1.165) is 29.9 Å². The van der Waals surface area contributed by atoms with Gasteiger partial charge in [-0.2, -0.15) is 0 Å². The number of hydrogen-bond donors (Lipinski definition) is 1. The molecule has 1 unspecified atom stereocenters. The summed E-state index contributed by atoms with van der Waals surface area (Å²) >= 11 is 0. The van der Waals surface area contributed by atoms with E-state index in [4.69, 9.17) is 9.47 Å². The maximum atomic E-state index is 10.2. The van der Waals surface area contributed by atoms with E-state index in [0.29, 0.717) is 0 Å². The van der Waals surface area contributed by atoms with E-state index < -0.39 is 6.10 Å². The monoisotopic (exact) mass is 286 g/mol. The van der Waals surface area contributed by atoms with Crippen molar-refractivity contribution in [2.75, 3.05) is 13.7 Å². The van der Waals surface area contributed by atoms with E-state index >= 15 is 0 Å². The fourth-order valence-corrected chi connectivity index (χ4v) is 2.16. The van der Waals surface area contributed by atoms with Crippen LogP contribution in [0.4, 0.5) is 0 Å². The molecule has 0 aliphatic rings. The Balaban J connectivity index is 1.92. The Morgan fingerprint density at radius 3 is 2.48 bits per heavy atom. The van der Waals surface area contributed by atoms with Crippen molar-refractivity contribution in [2.45, 2.75) is 25.9 Å². The summed E-state index contributed by atoms with van der Waals surface area (Å²) in [7, 11) is 1.61. The highest BCUT2D eigenvalue weighted by Crippen LogP contribution is 2.21. The first-order chi connectivity index (χ1) is 10.2. The fraction of sp³-hybridized carbons (Fsp3) is 0.333. The van der Waals surface area contributed by atoms with E-state index in [9.17, 15) is 5.11 Å². The van der Waals surface area contributed by atoms with Gasteiger partial charge >= 0.3 is 0 Å². The van der Waals surface area contributed by atoms with Gasteiger partial charge in [0.2, 0.25) is 0 Å².